The van der Waals surface area contributed by atoms with Crippen LogP contribution >= 0.6 is 0 Å². The molecule has 0 radical (unpaired) electrons. The van der Waals surface area contributed by atoms with Gasteiger partial charge in [-0.1, -0.05) is 23.8 Å². The molecule has 18 heavy (non-hydrogen) atoms. The van der Waals surface area contributed by atoms with E-state index in [0.717, 1.165) is 30.8 Å². The summed E-state index contributed by atoms with van der Waals surface area (Å²) >= 11 is 0. The van der Waals surface area contributed by atoms with E-state index in [9.17, 15) is 0 Å². The zero-order valence-electron chi connectivity index (χ0n) is 12.4. The summed E-state index contributed by atoms with van der Waals surface area (Å²) in [4.78, 5) is 6.40. The molecule has 0 fully saturated rings. The maximum Gasteiger partial charge on any atom is 0.0403 e. The Labute approximate surface area is 112 Å². The van der Waals surface area contributed by atoms with Crippen molar-refractivity contribution in [1.82, 2.24) is 4.90 Å². The summed E-state index contributed by atoms with van der Waals surface area (Å²) in [5.41, 5.74) is 9.11. The van der Waals surface area contributed by atoms with Crippen LogP contribution in [0.1, 0.15) is 26.7 Å². The molecule has 0 bridgehead atoms. The Bertz CT molecular complexity index is 347. The van der Waals surface area contributed by atoms with Crippen molar-refractivity contribution >= 4 is 5.71 Å². The van der Waals surface area contributed by atoms with Crippen molar-refractivity contribution < 1.29 is 0 Å². The molecule has 0 aliphatic heterocycles. The van der Waals surface area contributed by atoms with Crippen molar-refractivity contribution in [2.75, 3.05) is 27.7 Å². The van der Waals surface area contributed by atoms with Gasteiger partial charge in [0.15, 0.2) is 0 Å². The summed E-state index contributed by atoms with van der Waals surface area (Å²) in [6, 6.07) is 0. The molecule has 0 rings (SSSR count). The van der Waals surface area contributed by atoms with E-state index in [1.165, 1.54) is 5.57 Å². The van der Waals surface area contributed by atoms with Crippen molar-refractivity contribution in [2.24, 2.45) is 10.7 Å². The Morgan fingerprint density at radius 1 is 1.28 bits per heavy atom. The topological polar surface area (TPSA) is 41.6 Å². The molecule has 0 aromatic rings. The van der Waals surface area contributed by atoms with Crippen LogP contribution < -0.4 is 5.73 Å². The second-order valence-corrected chi connectivity index (χ2v) is 4.63. The first-order chi connectivity index (χ1) is 8.49. The molecular weight excluding hydrogens is 222 g/mol. The van der Waals surface area contributed by atoms with E-state index in [1.54, 1.807) is 7.05 Å². The van der Waals surface area contributed by atoms with E-state index in [-0.39, 0.29) is 0 Å². The molecule has 2 N–H and O–H groups in total. The lowest BCUT2D eigenvalue weighted by Gasteiger charge is -2.07. The third-order valence-electron chi connectivity index (χ3n) is 2.65. The van der Waals surface area contributed by atoms with Crippen molar-refractivity contribution in [3.05, 3.63) is 35.6 Å². The van der Waals surface area contributed by atoms with Gasteiger partial charge in [-0.15, -0.1) is 0 Å². The third-order valence-corrected chi connectivity index (χ3v) is 2.65. The van der Waals surface area contributed by atoms with Crippen molar-refractivity contribution in [2.45, 2.75) is 26.7 Å². The van der Waals surface area contributed by atoms with E-state index in [4.69, 9.17) is 5.73 Å². The molecule has 3 heteroatoms. The molecule has 3 nitrogen and oxygen atoms in total. The lowest BCUT2D eigenvalue weighted by Crippen LogP contribution is -2.13. The summed E-state index contributed by atoms with van der Waals surface area (Å²) in [6.45, 7) is 5.12. The van der Waals surface area contributed by atoms with Crippen LogP contribution in [-0.2, 0) is 0 Å². The molecular formula is C15H27N3. The molecule has 0 aliphatic rings. The van der Waals surface area contributed by atoms with E-state index >= 15 is 0 Å². The predicted molar refractivity (Wildman–Crippen MR) is 82.0 cm³/mol. The van der Waals surface area contributed by atoms with Gasteiger partial charge in [0.05, 0.1) is 0 Å². The molecule has 0 aromatic carbocycles. The number of allylic oxidation sites excluding steroid dienone is 5. The molecule has 0 unspecified atom stereocenters. The van der Waals surface area contributed by atoms with Gasteiger partial charge in [0, 0.05) is 31.4 Å². The number of hydrogen-bond donors (Lipinski definition) is 1. The lowest BCUT2D eigenvalue weighted by atomic mass is 10.1. The Morgan fingerprint density at radius 2 is 1.94 bits per heavy atom. The molecule has 0 aromatic heterocycles. The Morgan fingerprint density at radius 3 is 2.44 bits per heavy atom. The smallest absolute Gasteiger partial charge is 0.0403 e. The molecule has 0 heterocycles. The fourth-order valence-corrected chi connectivity index (χ4v) is 1.33. The van der Waals surface area contributed by atoms with Crippen LogP contribution in [0.25, 0.3) is 0 Å². The van der Waals surface area contributed by atoms with Crippen molar-refractivity contribution in [1.29, 1.82) is 0 Å². The molecule has 102 valence electrons. The number of aliphatic imine (C=N–C) groups is 1. The summed E-state index contributed by atoms with van der Waals surface area (Å²) in [5.74, 6) is 0. The fourth-order valence-electron chi connectivity index (χ4n) is 1.33. The zero-order chi connectivity index (χ0) is 14.0. The quantitative estimate of drug-likeness (QED) is 0.557. The zero-order valence-corrected chi connectivity index (χ0v) is 12.4. The Hall–Kier alpha value is -1.35. The number of rotatable bonds is 7. The van der Waals surface area contributed by atoms with Gasteiger partial charge >= 0.3 is 0 Å². The van der Waals surface area contributed by atoms with Crippen LogP contribution in [0.2, 0.25) is 0 Å². The maximum absolute atomic E-state index is 5.99. The van der Waals surface area contributed by atoms with Crippen LogP contribution in [0.5, 0.6) is 0 Å². The van der Waals surface area contributed by atoms with Crippen LogP contribution in [0, 0.1) is 0 Å². The highest BCUT2D eigenvalue weighted by Gasteiger charge is 1.97. The highest BCUT2D eigenvalue weighted by molar-refractivity contribution is 5.96. The summed E-state index contributed by atoms with van der Waals surface area (Å²) < 4.78 is 0. The van der Waals surface area contributed by atoms with Crippen LogP contribution in [0.3, 0.4) is 0 Å². The normalized spacial score (nSPS) is 14.9. The minimum atomic E-state index is 0.720. The predicted octanol–water partition coefficient (Wildman–Crippen LogP) is 2.76. The summed E-state index contributed by atoms with van der Waals surface area (Å²) in [6.07, 6.45) is 9.95. The lowest BCUT2D eigenvalue weighted by molar-refractivity contribution is 0.416. The number of hydrogen-bond acceptors (Lipinski definition) is 3. The van der Waals surface area contributed by atoms with E-state index in [0.29, 0.717) is 0 Å². The SMILES string of the molecule is C\C=C(C)/C=C\C(C/C(N)=C/CCN(C)C)=N/C. The van der Waals surface area contributed by atoms with E-state index in [2.05, 4.69) is 49.1 Å². The monoisotopic (exact) mass is 249 g/mol. The summed E-state index contributed by atoms with van der Waals surface area (Å²) in [7, 11) is 5.93. The molecule has 0 aliphatic carbocycles. The Kier molecular flexibility index (Phi) is 8.93. The second kappa shape index (κ2) is 9.66. The van der Waals surface area contributed by atoms with Gasteiger partial charge in [-0.25, -0.2) is 0 Å². The molecule has 0 saturated heterocycles. The van der Waals surface area contributed by atoms with Gasteiger partial charge in [-0.2, -0.15) is 0 Å². The van der Waals surface area contributed by atoms with Crippen LogP contribution in [-0.4, -0.2) is 38.3 Å². The van der Waals surface area contributed by atoms with Gasteiger partial charge in [0.25, 0.3) is 0 Å². The molecule has 0 saturated carbocycles. The number of nitrogens with two attached hydrogens (primary N) is 1. The highest BCUT2D eigenvalue weighted by atomic mass is 15.0. The maximum atomic E-state index is 5.99. The number of nitrogens with zero attached hydrogens (tertiary/aromatic N) is 2. The van der Waals surface area contributed by atoms with Crippen molar-refractivity contribution in [3.63, 3.8) is 0 Å². The average Bonchev–Trinajstić information content (AvgIpc) is 2.33. The largest absolute Gasteiger partial charge is 0.402 e. The van der Waals surface area contributed by atoms with E-state index < -0.39 is 0 Å². The summed E-state index contributed by atoms with van der Waals surface area (Å²) in [5, 5.41) is 0. The van der Waals surface area contributed by atoms with Crippen molar-refractivity contribution in [3.8, 4) is 0 Å². The first-order valence-corrected chi connectivity index (χ1v) is 6.35. The third kappa shape index (κ3) is 8.76. The molecule has 0 spiro atoms. The van der Waals surface area contributed by atoms with Crippen LogP contribution in [0.4, 0.5) is 0 Å². The first kappa shape index (κ1) is 16.6. The van der Waals surface area contributed by atoms with Crippen LogP contribution in [0.15, 0.2) is 40.6 Å². The van der Waals surface area contributed by atoms with Gasteiger partial charge in [-0.05, 0) is 40.4 Å². The highest BCUT2D eigenvalue weighted by Crippen LogP contribution is 2.02. The Balaban J connectivity index is 4.33. The van der Waals surface area contributed by atoms with Gasteiger partial charge < -0.3 is 10.6 Å². The van der Waals surface area contributed by atoms with Gasteiger partial charge in [0.2, 0.25) is 0 Å². The second-order valence-electron chi connectivity index (χ2n) is 4.63. The average molecular weight is 249 g/mol. The van der Waals surface area contributed by atoms with Gasteiger partial charge in [0.1, 0.15) is 0 Å². The van der Waals surface area contributed by atoms with E-state index in [1.807, 2.05) is 13.0 Å². The van der Waals surface area contributed by atoms with Gasteiger partial charge in [-0.3, -0.25) is 4.99 Å². The minimum absolute atomic E-state index is 0.720. The first-order valence-electron chi connectivity index (χ1n) is 6.35. The fraction of sp³-hybridized carbons (Fsp3) is 0.533. The molecule has 0 atom stereocenters. The standard InChI is InChI=1S/C15H27N3/c1-6-13(2)9-10-15(17-3)12-14(16)8-7-11-18(4)5/h6,8-10H,7,11-12,16H2,1-5H3/b10-9-,13-6-,14-8-,17-15+. The molecule has 0 amide bonds. The minimum Gasteiger partial charge on any atom is -0.402 e.